The molecule has 0 radical (unpaired) electrons. The summed E-state index contributed by atoms with van der Waals surface area (Å²) in [6.07, 6.45) is 0. The lowest BCUT2D eigenvalue weighted by Crippen LogP contribution is -2.11. The van der Waals surface area contributed by atoms with Crippen molar-refractivity contribution in [3.63, 3.8) is 0 Å². The first-order valence-corrected chi connectivity index (χ1v) is 10.5. The zero-order valence-corrected chi connectivity index (χ0v) is 18.3. The molecule has 4 rings (SSSR count). The summed E-state index contributed by atoms with van der Waals surface area (Å²) in [6.45, 7) is 4.81. The Morgan fingerprint density at radius 1 is 0.848 bits per heavy atom. The van der Waals surface area contributed by atoms with Gasteiger partial charge in [-0.25, -0.2) is 0 Å². The number of ether oxygens (including phenoxy) is 3. The van der Waals surface area contributed by atoms with Gasteiger partial charge in [-0.1, -0.05) is 23.3 Å². The molecule has 8 heteroatoms. The Hall–Kier alpha value is -4.33. The van der Waals surface area contributed by atoms with Crippen molar-refractivity contribution >= 4 is 11.9 Å². The minimum absolute atomic E-state index is 0.00791. The van der Waals surface area contributed by atoms with Gasteiger partial charge in [0.15, 0.2) is 11.5 Å². The minimum Gasteiger partial charge on any atom is -0.490 e. The van der Waals surface area contributed by atoms with Crippen LogP contribution in [0.5, 0.6) is 23.0 Å². The Labute approximate surface area is 191 Å². The summed E-state index contributed by atoms with van der Waals surface area (Å²) in [5.41, 5.74) is 1.08. The molecule has 1 N–H and O–H groups in total. The van der Waals surface area contributed by atoms with Gasteiger partial charge in [-0.2, -0.15) is 0 Å². The van der Waals surface area contributed by atoms with E-state index < -0.39 is 0 Å². The maximum absolute atomic E-state index is 12.6. The molecule has 0 aliphatic carbocycles. The van der Waals surface area contributed by atoms with E-state index in [1.54, 1.807) is 42.5 Å². The second-order valence-corrected chi connectivity index (χ2v) is 6.83. The molecule has 1 amide bonds. The second kappa shape index (κ2) is 10.3. The number of anilines is 1. The van der Waals surface area contributed by atoms with Crippen LogP contribution in [0.2, 0.25) is 0 Å². The molecule has 0 atom stereocenters. The molecular formula is C25H23N3O5. The smallest absolute Gasteiger partial charge is 0.322 e. The Bertz CT molecular complexity index is 1210. The Balaban J connectivity index is 1.43. The van der Waals surface area contributed by atoms with E-state index >= 15 is 0 Å². The van der Waals surface area contributed by atoms with Gasteiger partial charge in [0.05, 0.1) is 13.2 Å². The molecule has 33 heavy (non-hydrogen) atoms. The van der Waals surface area contributed by atoms with Crippen molar-refractivity contribution in [1.29, 1.82) is 0 Å². The van der Waals surface area contributed by atoms with Crippen LogP contribution in [-0.4, -0.2) is 29.3 Å². The first kappa shape index (κ1) is 21.9. The Morgan fingerprint density at radius 2 is 1.55 bits per heavy atom. The lowest BCUT2D eigenvalue weighted by Gasteiger charge is -2.11. The first-order chi connectivity index (χ1) is 16.2. The van der Waals surface area contributed by atoms with Crippen LogP contribution >= 0.6 is 0 Å². The Morgan fingerprint density at radius 3 is 2.27 bits per heavy atom. The highest BCUT2D eigenvalue weighted by molar-refractivity contribution is 6.03. The van der Waals surface area contributed by atoms with Crippen LogP contribution in [-0.2, 0) is 0 Å². The van der Waals surface area contributed by atoms with Gasteiger partial charge in [-0.05, 0) is 68.4 Å². The normalized spacial score (nSPS) is 10.5. The van der Waals surface area contributed by atoms with E-state index in [2.05, 4.69) is 15.5 Å². The molecule has 3 aromatic carbocycles. The van der Waals surface area contributed by atoms with E-state index in [0.717, 1.165) is 5.75 Å². The number of benzene rings is 3. The van der Waals surface area contributed by atoms with E-state index in [1.807, 2.05) is 44.2 Å². The van der Waals surface area contributed by atoms with E-state index in [1.165, 1.54) is 0 Å². The molecule has 0 bridgehead atoms. The number of para-hydroxylation sites is 1. The lowest BCUT2D eigenvalue weighted by molar-refractivity contribution is 0.102. The number of carbonyl (C=O) groups excluding carboxylic acids is 1. The maximum Gasteiger partial charge on any atom is 0.322 e. The topological polar surface area (TPSA) is 95.7 Å². The SMILES string of the molecule is CCOc1ccc(-c2nnc(NC(=O)c3ccc(Oc4ccccc4)cc3)o2)cc1OCC. The number of carbonyl (C=O) groups is 1. The molecule has 0 fully saturated rings. The molecular weight excluding hydrogens is 422 g/mol. The van der Waals surface area contributed by atoms with Crippen LogP contribution in [0.25, 0.3) is 11.5 Å². The molecule has 0 unspecified atom stereocenters. The predicted molar refractivity (Wildman–Crippen MR) is 123 cm³/mol. The minimum atomic E-state index is -0.377. The third-order valence-corrected chi connectivity index (χ3v) is 4.53. The summed E-state index contributed by atoms with van der Waals surface area (Å²) in [5.74, 6) is 2.43. The summed E-state index contributed by atoms with van der Waals surface area (Å²) in [4.78, 5) is 12.6. The summed E-state index contributed by atoms with van der Waals surface area (Å²) >= 11 is 0. The second-order valence-electron chi connectivity index (χ2n) is 6.83. The van der Waals surface area contributed by atoms with Gasteiger partial charge in [0.2, 0.25) is 5.89 Å². The van der Waals surface area contributed by atoms with Crippen LogP contribution in [0.3, 0.4) is 0 Å². The largest absolute Gasteiger partial charge is 0.490 e. The third kappa shape index (κ3) is 5.48. The summed E-state index contributed by atoms with van der Waals surface area (Å²) in [6, 6.07) is 21.5. The number of aromatic nitrogens is 2. The molecule has 8 nitrogen and oxygen atoms in total. The highest BCUT2D eigenvalue weighted by Crippen LogP contribution is 2.33. The van der Waals surface area contributed by atoms with E-state index in [4.69, 9.17) is 18.6 Å². The van der Waals surface area contributed by atoms with E-state index in [9.17, 15) is 4.79 Å². The van der Waals surface area contributed by atoms with E-state index in [-0.39, 0.29) is 17.8 Å². The van der Waals surface area contributed by atoms with Crippen molar-refractivity contribution in [2.75, 3.05) is 18.5 Å². The van der Waals surface area contributed by atoms with Gasteiger partial charge in [-0.15, -0.1) is 5.10 Å². The van der Waals surface area contributed by atoms with Crippen LogP contribution in [0.1, 0.15) is 24.2 Å². The average molecular weight is 445 g/mol. The molecule has 0 saturated carbocycles. The number of amides is 1. The zero-order valence-electron chi connectivity index (χ0n) is 18.3. The van der Waals surface area contributed by atoms with Gasteiger partial charge in [0, 0.05) is 11.1 Å². The van der Waals surface area contributed by atoms with Crippen molar-refractivity contribution in [3.05, 3.63) is 78.4 Å². The third-order valence-electron chi connectivity index (χ3n) is 4.53. The average Bonchev–Trinajstić information content (AvgIpc) is 3.30. The highest BCUT2D eigenvalue weighted by atomic mass is 16.5. The number of hydrogen-bond acceptors (Lipinski definition) is 7. The molecule has 0 spiro atoms. The van der Waals surface area contributed by atoms with Crippen molar-refractivity contribution in [3.8, 4) is 34.5 Å². The first-order valence-electron chi connectivity index (χ1n) is 10.5. The van der Waals surface area contributed by atoms with Gasteiger partial charge in [-0.3, -0.25) is 10.1 Å². The van der Waals surface area contributed by atoms with Crippen molar-refractivity contribution in [2.45, 2.75) is 13.8 Å². The fourth-order valence-corrected chi connectivity index (χ4v) is 3.04. The van der Waals surface area contributed by atoms with E-state index in [0.29, 0.717) is 41.6 Å². The van der Waals surface area contributed by atoms with Crippen LogP contribution < -0.4 is 19.5 Å². The van der Waals surface area contributed by atoms with Crippen LogP contribution in [0.4, 0.5) is 6.01 Å². The van der Waals surface area contributed by atoms with Crippen LogP contribution in [0.15, 0.2) is 77.2 Å². The summed E-state index contributed by atoms with van der Waals surface area (Å²) in [5, 5.41) is 10.6. The lowest BCUT2D eigenvalue weighted by atomic mass is 10.2. The number of hydrogen-bond donors (Lipinski definition) is 1. The van der Waals surface area contributed by atoms with Gasteiger partial charge in [0.25, 0.3) is 5.91 Å². The number of nitrogens with one attached hydrogen (secondary N) is 1. The summed E-state index contributed by atoms with van der Waals surface area (Å²) in [7, 11) is 0. The monoisotopic (exact) mass is 445 g/mol. The zero-order chi connectivity index (χ0) is 23.0. The van der Waals surface area contributed by atoms with Gasteiger partial charge < -0.3 is 18.6 Å². The quantitative estimate of drug-likeness (QED) is 0.359. The van der Waals surface area contributed by atoms with Crippen LogP contribution in [0, 0.1) is 0 Å². The molecule has 0 aliphatic heterocycles. The standard InChI is InChI=1S/C25H23N3O5/c1-3-30-21-15-12-18(16-22(21)31-4-2)24-27-28-25(33-24)26-23(29)17-10-13-20(14-11-17)32-19-8-6-5-7-9-19/h5-16H,3-4H2,1-2H3,(H,26,28,29). The van der Waals surface area contributed by atoms with Crippen molar-refractivity contribution < 1.29 is 23.4 Å². The fourth-order valence-electron chi connectivity index (χ4n) is 3.04. The van der Waals surface area contributed by atoms with Gasteiger partial charge >= 0.3 is 6.01 Å². The molecule has 168 valence electrons. The molecule has 0 aliphatic rings. The van der Waals surface area contributed by atoms with Crippen molar-refractivity contribution in [2.24, 2.45) is 0 Å². The molecule has 1 aromatic heterocycles. The maximum atomic E-state index is 12.6. The summed E-state index contributed by atoms with van der Waals surface area (Å²) < 4.78 is 22.6. The number of nitrogens with zero attached hydrogens (tertiary/aromatic N) is 2. The molecule has 1 heterocycles. The number of rotatable bonds is 9. The van der Waals surface area contributed by atoms with Crippen molar-refractivity contribution in [1.82, 2.24) is 10.2 Å². The fraction of sp³-hybridized carbons (Fsp3) is 0.160. The molecule has 4 aromatic rings. The van der Waals surface area contributed by atoms with Gasteiger partial charge in [0.1, 0.15) is 11.5 Å². The molecule has 0 saturated heterocycles. The predicted octanol–water partition coefficient (Wildman–Crippen LogP) is 5.58. The Kier molecular flexibility index (Phi) is 6.84. The highest BCUT2D eigenvalue weighted by Gasteiger charge is 2.15.